The molecule has 0 atom stereocenters. The van der Waals surface area contributed by atoms with E-state index in [9.17, 15) is 14.4 Å². The summed E-state index contributed by atoms with van der Waals surface area (Å²) >= 11 is 9.58. The molecule has 10 heteroatoms. The van der Waals surface area contributed by atoms with Gasteiger partial charge in [0.1, 0.15) is 10.7 Å². The highest BCUT2D eigenvalue weighted by Crippen LogP contribution is 2.22. The van der Waals surface area contributed by atoms with Crippen LogP contribution in [0.1, 0.15) is 32.0 Å². The number of benzene rings is 2. The normalized spacial score (nSPS) is 10.4. The highest BCUT2D eigenvalue weighted by atomic mass is 79.9. The number of amides is 2. The smallest absolute Gasteiger partial charge is 0.343 e. The number of hydrazine groups is 1. The summed E-state index contributed by atoms with van der Waals surface area (Å²) in [6, 6.07) is 16.1. The lowest BCUT2D eigenvalue weighted by Crippen LogP contribution is -2.43. The summed E-state index contributed by atoms with van der Waals surface area (Å²) in [5.41, 5.74) is 6.23. The van der Waals surface area contributed by atoms with Crippen LogP contribution < -0.4 is 10.9 Å². The molecular formula is C21H18BrClN4O4. The first-order valence-corrected chi connectivity index (χ1v) is 10.3. The van der Waals surface area contributed by atoms with Crippen LogP contribution in [0.25, 0.3) is 0 Å². The van der Waals surface area contributed by atoms with Crippen LogP contribution in [0.2, 0.25) is 5.15 Å². The zero-order chi connectivity index (χ0) is 22.4. The van der Waals surface area contributed by atoms with Crippen LogP contribution in [0.15, 0.2) is 59.1 Å². The Labute approximate surface area is 191 Å². The number of carbonyl (C=O) groups excluding carboxylic acids is 3. The molecule has 0 radical (unpaired) electrons. The second kappa shape index (κ2) is 10.2. The van der Waals surface area contributed by atoms with Gasteiger partial charge in [-0.3, -0.25) is 20.4 Å². The predicted octanol–water partition coefficient (Wildman–Crippen LogP) is 3.27. The van der Waals surface area contributed by atoms with Crippen LogP contribution in [-0.4, -0.2) is 34.2 Å². The van der Waals surface area contributed by atoms with Crippen LogP contribution in [0.3, 0.4) is 0 Å². The minimum absolute atomic E-state index is 0.0873. The molecule has 0 bridgehead atoms. The molecule has 1 heterocycles. The van der Waals surface area contributed by atoms with Gasteiger partial charge in [-0.2, -0.15) is 5.10 Å². The third-order valence-electron chi connectivity index (χ3n) is 4.20. The van der Waals surface area contributed by atoms with Gasteiger partial charge in [0, 0.05) is 10.0 Å². The van der Waals surface area contributed by atoms with E-state index in [0.29, 0.717) is 17.8 Å². The number of ether oxygens (including phenoxy) is 1. The molecule has 1 aromatic heterocycles. The molecule has 0 spiro atoms. The maximum Gasteiger partial charge on any atom is 0.343 e. The minimum Gasteiger partial charge on any atom is -0.452 e. The van der Waals surface area contributed by atoms with E-state index in [2.05, 4.69) is 31.9 Å². The third kappa shape index (κ3) is 5.93. The Morgan fingerprint density at radius 1 is 1.06 bits per heavy atom. The quantitative estimate of drug-likeness (QED) is 0.395. The Bertz CT molecular complexity index is 1100. The number of esters is 1. The maximum absolute atomic E-state index is 12.4. The van der Waals surface area contributed by atoms with E-state index in [-0.39, 0.29) is 10.7 Å². The van der Waals surface area contributed by atoms with Crippen LogP contribution >= 0.6 is 27.5 Å². The second-order valence-corrected chi connectivity index (χ2v) is 7.75. The molecule has 0 aliphatic rings. The summed E-state index contributed by atoms with van der Waals surface area (Å²) in [6.45, 7) is 1.41. The minimum atomic E-state index is -0.781. The Morgan fingerprint density at radius 2 is 1.74 bits per heavy atom. The first-order chi connectivity index (χ1) is 14.8. The number of hydrogen-bond donors (Lipinski definition) is 2. The number of hydrogen-bond acceptors (Lipinski definition) is 5. The molecule has 160 valence electrons. The first kappa shape index (κ1) is 22.5. The number of aromatic nitrogens is 2. The summed E-state index contributed by atoms with van der Waals surface area (Å²) in [7, 11) is 0. The average Bonchev–Trinajstić information content (AvgIpc) is 3.04. The van der Waals surface area contributed by atoms with Crippen molar-refractivity contribution >= 4 is 45.3 Å². The highest BCUT2D eigenvalue weighted by molar-refractivity contribution is 9.10. The van der Waals surface area contributed by atoms with Crippen molar-refractivity contribution in [1.82, 2.24) is 20.6 Å². The van der Waals surface area contributed by atoms with Crippen molar-refractivity contribution in [3.05, 3.63) is 86.6 Å². The Balaban J connectivity index is 1.53. The lowest BCUT2D eigenvalue weighted by Gasteiger charge is -2.08. The molecular weight excluding hydrogens is 488 g/mol. The number of halogens is 2. The molecule has 2 amide bonds. The van der Waals surface area contributed by atoms with Crippen LogP contribution in [0, 0.1) is 6.92 Å². The van der Waals surface area contributed by atoms with Gasteiger partial charge in [0.15, 0.2) is 6.61 Å². The van der Waals surface area contributed by atoms with Crippen molar-refractivity contribution in [2.75, 3.05) is 6.61 Å². The van der Waals surface area contributed by atoms with Gasteiger partial charge >= 0.3 is 5.97 Å². The molecule has 2 N–H and O–H groups in total. The standard InChI is InChI=1S/C21H18BrClN4O4/c1-13-18(19(23)27(26-13)11-14-5-3-2-4-6-14)21(30)31-12-17(28)24-25-20(29)15-7-9-16(22)10-8-15/h2-10H,11-12H2,1H3,(H,24,28)(H,25,29). The van der Waals surface area contributed by atoms with Crippen molar-refractivity contribution in [3.8, 4) is 0 Å². The lowest BCUT2D eigenvalue weighted by atomic mass is 10.2. The second-order valence-electron chi connectivity index (χ2n) is 6.48. The number of nitrogens with zero attached hydrogens (tertiary/aromatic N) is 2. The molecule has 0 saturated carbocycles. The van der Waals surface area contributed by atoms with E-state index in [1.165, 1.54) is 4.68 Å². The molecule has 31 heavy (non-hydrogen) atoms. The fraction of sp³-hybridized carbons (Fsp3) is 0.143. The molecule has 2 aromatic carbocycles. The molecule has 8 nitrogen and oxygen atoms in total. The summed E-state index contributed by atoms with van der Waals surface area (Å²) in [5, 5.41) is 4.40. The monoisotopic (exact) mass is 504 g/mol. The molecule has 0 aliphatic carbocycles. The number of nitrogens with one attached hydrogen (secondary N) is 2. The Kier molecular flexibility index (Phi) is 7.43. The molecule has 0 unspecified atom stereocenters. The van der Waals surface area contributed by atoms with E-state index in [4.69, 9.17) is 16.3 Å². The van der Waals surface area contributed by atoms with E-state index >= 15 is 0 Å². The van der Waals surface area contributed by atoms with Gasteiger partial charge in [-0.15, -0.1) is 0 Å². The molecule has 0 aliphatic heterocycles. The number of aryl methyl sites for hydroxylation is 1. The van der Waals surface area contributed by atoms with Gasteiger partial charge in [-0.1, -0.05) is 57.9 Å². The van der Waals surface area contributed by atoms with E-state index in [1.807, 2.05) is 30.3 Å². The van der Waals surface area contributed by atoms with Crippen molar-refractivity contribution in [2.45, 2.75) is 13.5 Å². The SMILES string of the molecule is Cc1nn(Cc2ccccc2)c(Cl)c1C(=O)OCC(=O)NNC(=O)c1ccc(Br)cc1. The van der Waals surface area contributed by atoms with Crippen LogP contribution in [0.4, 0.5) is 0 Å². The topological polar surface area (TPSA) is 102 Å². The fourth-order valence-electron chi connectivity index (χ4n) is 2.69. The highest BCUT2D eigenvalue weighted by Gasteiger charge is 2.22. The molecule has 3 rings (SSSR count). The van der Waals surface area contributed by atoms with Crippen molar-refractivity contribution in [2.24, 2.45) is 0 Å². The molecule has 0 saturated heterocycles. The van der Waals surface area contributed by atoms with Crippen LogP contribution in [0.5, 0.6) is 0 Å². The van der Waals surface area contributed by atoms with Gasteiger partial charge < -0.3 is 4.74 Å². The molecule has 0 fully saturated rings. The Hall–Kier alpha value is -3.17. The van der Waals surface area contributed by atoms with Gasteiger partial charge in [-0.25, -0.2) is 9.48 Å². The zero-order valence-corrected chi connectivity index (χ0v) is 18.7. The van der Waals surface area contributed by atoms with Gasteiger partial charge in [-0.05, 0) is 36.8 Å². The largest absolute Gasteiger partial charge is 0.452 e. The lowest BCUT2D eigenvalue weighted by molar-refractivity contribution is -0.125. The van der Waals surface area contributed by atoms with E-state index in [1.54, 1.807) is 31.2 Å². The fourth-order valence-corrected chi connectivity index (χ4v) is 3.26. The van der Waals surface area contributed by atoms with Crippen molar-refractivity contribution < 1.29 is 19.1 Å². The number of carbonyl (C=O) groups is 3. The van der Waals surface area contributed by atoms with Gasteiger partial charge in [0.05, 0.1) is 12.2 Å². The van der Waals surface area contributed by atoms with Gasteiger partial charge in [0.25, 0.3) is 11.8 Å². The van der Waals surface area contributed by atoms with Crippen LogP contribution in [-0.2, 0) is 16.1 Å². The Morgan fingerprint density at radius 3 is 2.42 bits per heavy atom. The van der Waals surface area contributed by atoms with Gasteiger partial charge in [0.2, 0.25) is 0 Å². The summed E-state index contributed by atoms with van der Waals surface area (Å²) < 4.78 is 7.33. The van der Waals surface area contributed by atoms with E-state index in [0.717, 1.165) is 10.0 Å². The summed E-state index contributed by atoms with van der Waals surface area (Å²) in [5.74, 6) is -1.99. The van der Waals surface area contributed by atoms with E-state index < -0.39 is 24.4 Å². The third-order valence-corrected chi connectivity index (χ3v) is 5.11. The zero-order valence-electron chi connectivity index (χ0n) is 16.4. The summed E-state index contributed by atoms with van der Waals surface area (Å²) in [6.07, 6.45) is 0. The predicted molar refractivity (Wildman–Crippen MR) is 118 cm³/mol. The maximum atomic E-state index is 12.4. The van der Waals surface area contributed by atoms with Crippen molar-refractivity contribution in [3.63, 3.8) is 0 Å². The summed E-state index contributed by atoms with van der Waals surface area (Å²) in [4.78, 5) is 36.3. The number of rotatable bonds is 6. The average molecular weight is 506 g/mol. The molecule has 3 aromatic rings. The van der Waals surface area contributed by atoms with Crippen molar-refractivity contribution in [1.29, 1.82) is 0 Å². The first-order valence-electron chi connectivity index (χ1n) is 9.14.